The van der Waals surface area contributed by atoms with E-state index in [1.807, 2.05) is 19.2 Å². The molecule has 2 rings (SSSR count). The van der Waals surface area contributed by atoms with E-state index in [1.165, 1.54) is 0 Å². The molecule has 0 aliphatic carbocycles. The summed E-state index contributed by atoms with van der Waals surface area (Å²) < 4.78 is 1.79. The number of hydrogen-bond acceptors (Lipinski definition) is 3. The molecule has 58 valence electrons. The molecule has 0 fully saturated rings. The van der Waals surface area contributed by atoms with E-state index in [2.05, 4.69) is 16.3 Å². The molecule has 0 spiro atoms. The molecule has 0 atom stereocenters. The van der Waals surface area contributed by atoms with E-state index in [0.29, 0.717) is 11.2 Å². The highest BCUT2D eigenvalue weighted by molar-refractivity contribution is 5.54. The highest BCUT2D eigenvalue weighted by Crippen LogP contribution is 2.07. The van der Waals surface area contributed by atoms with Crippen LogP contribution in [0.4, 0.5) is 0 Å². The fourth-order valence-corrected chi connectivity index (χ4v) is 1.12. The molecule has 4 nitrogen and oxygen atoms in total. The lowest BCUT2D eigenvalue weighted by molar-refractivity contribution is 1.01. The van der Waals surface area contributed by atoms with Gasteiger partial charge in [0.15, 0.2) is 5.65 Å². The van der Waals surface area contributed by atoms with E-state index in [0.717, 1.165) is 5.82 Å². The first-order valence-corrected chi connectivity index (χ1v) is 3.53. The van der Waals surface area contributed by atoms with Crippen molar-refractivity contribution in [3.05, 3.63) is 29.7 Å². The molecule has 0 N–H and O–H groups in total. The Labute approximate surface area is 69.1 Å². The predicted octanol–water partition coefficient (Wildman–Crippen LogP) is 0.909. The van der Waals surface area contributed by atoms with Gasteiger partial charge in [-0.2, -0.15) is 5.26 Å². The molecule has 0 aromatic carbocycles. The van der Waals surface area contributed by atoms with Crippen LogP contribution < -0.4 is 0 Å². The first-order chi connectivity index (χ1) is 5.83. The third-order valence-electron chi connectivity index (χ3n) is 1.73. The first-order valence-electron chi connectivity index (χ1n) is 3.53. The van der Waals surface area contributed by atoms with Gasteiger partial charge in [-0.3, -0.25) is 4.40 Å². The van der Waals surface area contributed by atoms with E-state index in [9.17, 15) is 0 Å². The van der Waals surface area contributed by atoms with Gasteiger partial charge in [-0.15, -0.1) is 10.2 Å². The average molecular weight is 158 g/mol. The monoisotopic (exact) mass is 158 g/mol. The number of aryl methyl sites for hydroxylation is 1. The predicted molar refractivity (Wildman–Crippen MR) is 42.4 cm³/mol. The van der Waals surface area contributed by atoms with Crippen molar-refractivity contribution in [2.75, 3.05) is 0 Å². The zero-order chi connectivity index (χ0) is 8.55. The molecule has 0 aliphatic heterocycles. The van der Waals surface area contributed by atoms with E-state index < -0.39 is 0 Å². The van der Waals surface area contributed by atoms with Crippen LogP contribution in [-0.2, 0) is 0 Å². The van der Waals surface area contributed by atoms with Crippen molar-refractivity contribution in [2.24, 2.45) is 0 Å². The summed E-state index contributed by atoms with van der Waals surface area (Å²) in [5.74, 6) is 0.794. The van der Waals surface area contributed by atoms with E-state index in [1.54, 1.807) is 10.5 Å². The van der Waals surface area contributed by atoms with Crippen LogP contribution in [0.2, 0.25) is 0 Å². The minimum Gasteiger partial charge on any atom is -0.286 e. The standard InChI is InChI=1S/C8H6N4/c1-6-10-11-8-7(5-9)3-2-4-12(6)8/h2-4H,1H3. The lowest BCUT2D eigenvalue weighted by atomic mass is 10.3. The second-order valence-corrected chi connectivity index (χ2v) is 2.47. The quantitative estimate of drug-likeness (QED) is 0.572. The Morgan fingerprint density at radius 1 is 1.50 bits per heavy atom. The smallest absolute Gasteiger partial charge is 0.178 e. The molecule has 0 saturated carbocycles. The van der Waals surface area contributed by atoms with Gasteiger partial charge in [0, 0.05) is 6.20 Å². The van der Waals surface area contributed by atoms with Gasteiger partial charge < -0.3 is 0 Å². The molecule has 4 heteroatoms. The molecule has 0 amide bonds. The van der Waals surface area contributed by atoms with Gasteiger partial charge in [-0.25, -0.2) is 0 Å². The average Bonchev–Trinajstić information content (AvgIpc) is 2.48. The number of fused-ring (bicyclic) bond motifs is 1. The summed E-state index contributed by atoms with van der Waals surface area (Å²) in [5, 5.41) is 16.5. The largest absolute Gasteiger partial charge is 0.286 e. The van der Waals surface area contributed by atoms with Gasteiger partial charge >= 0.3 is 0 Å². The van der Waals surface area contributed by atoms with Crippen LogP contribution in [0.5, 0.6) is 0 Å². The number of rotatable bonds is 0. The first kappa shape index (κ1) is 6.80. The van der Waals surface area contributed by atoms with Crippen LogP contribution in [-0.4, -0.2) is 14.6 Å². The summed E-state index contributed by atoms with van der Waals surface area (Å²) in [6.07, 6.45) is 1.84. The normalized spacial score (nSPS) is 10.0. The van der Waals surface area contributed by atoms with Crippen molar-refractivity contribution >= 4 is 5.65 Å². The molecule has 0 aliphatic rings. The molecular weight excluding hydrogens is 152 g/mol. The molecule has 0 unspecified atom stereocenters. The minimum absolute atomic E-state index is 0.554. The van der Waals surface area contributed by atoms with Crippen LogP contribution in [0, 0.1) is 18.3 Å². The zero-order valence-electron chi connectivity index (χ0n) is 6.52. The fourth-order valence-electron chi connectivity index (χ4n) is 1.12. The van der Waals surface area contributed by atoms with Gasteiger partial charge in [0.1, 0.15) is 11.9 Å². The highest BCUT2D eigenvalue weighted by Gasteiger charge is 2.03. The number of nitriles is 1. The molecule has 2 heterocycles. The molecule has 12 heavy (non-hydrogen) atoms. The Balaban J connectivity index is 2.92. The van der Waals surface area contributed by atoms with Crippen LogP contribution in [0.3, 0.4) is 0 Å². The van der Waals surface area contributed by atoms with Crippen LogP contribution in [0.25, 0.3) is 5.65 Å². The Kier molecular flexibility index (Phi) is 1.31. The molecular formula is C8H6N4. The molecule has 2 aromatic heterocycles. The Morgan fingerprint density at radius 2 is 2.33 bits per heavy atom. The zero-order valence-corrected chi connectivity index (χ0v) is 6.52. The summed E-state index contributed by atoms with van der Waals surface area (Å²) in [4.78, 5) is 0. The summed E-state index contributed by atoms with van der Waals surface area (Å²) >= 11 is 0. The third-order valence-corrected chi connectivity index (χ3v) is 1.73. The lowest BCUT2D eigenvalue weighted by Crippen LogP contribution is -1.88. The van der Waals surface area contributed by atoms with Crippen molar-refractivity contribution in [3.63, 3.8) is 0 Å². The number of pyridine rings is 1. The van der Waals surface area contributed by atoms with Gasteiger partial charge in [0.05, 0.1) is 5.56 Å². The van der Waals surface area contributed by atoms with E-state index in [4.69, 9.17) is 5.26 Å². The Hall–Kier alpha value is -1.89. The molecule has 0 bridgehead atoms. The second kappa shape index (κ2) is 2.31. The highest BCUT2D eigenvalue weighted by atomic mass is 15.2. The molecule has 0 saturated heterocycles. The second-order valence-electron chi connectivity index (χ2n) is 2.47. The SMILES string of the molecule is Cc1nnc2c(C#N)cccn12. The topological polar surface area (TPSA) is 54.0 Å². The van der Waals surface area contributed by atoms with E-state index in [-0.39, 0.29) is 0 Å². The van der Waals surface area contributed by atoms with Crippen molar-refractivity contribution < 1.29 is 0 Å². The Morgan fingerprint density at radius 3 is 3.08 bits per heavy atom. The summed E-state index contributed by atoms with van der Waals surface area (Å²) in [7, 11) is 0. The van der Waals surface area contributed by atoms with Gasteiger partial charge in [-0.1, -0.05) is 0 Å². The van der Waals surface area contributed by atoms with Crippen LogP contribution in [0.1, 0.15) is 11.4 Å². The molecule has 2 aromatic rings. The van der Waals surface area contributed by atoms with Crippen molar-refractivity contribution in [1.29, 1.82) is 5.26 Å². The van der Waals surface area contributed by atoms with Crippen LogP contribution in [0.15, 0.2) is 18.3 Å². The maximum absolute atomic E-state index is 8.71. The van der Waals surface area contributed by atoms with Crippen LogP contribution >= 0.6 is 0 Å². The van der Waals surface area contributed by atoms with Gasteiger partial charge in [0.25, 0.3) is 0 Å². The fraction of sp³-hybridized carbons (Fsp3) is 0.125. The summed E-state index contributed by atoms with van der Waals surface area (Å²) in [5.41, 5.74) is 1.18. The van der Waals surface area contributed by atoms with Gasteiger partial charge in [-0.05, 0) is 19.1 Å². The van der Waals surface area contributed by atoms with Gasteiger partial charge in [0.2, 0.25) is 0 Å². The summed E-state index contributed by atoms with van der Waals surface area (Å²) in [6.45, 7) is 1.85. The van der Waals surface area contributed by atoms with Crippen molar-refractivity contribution in [3.8, 4) is 6.07 Å². The third kappa shape index (κ3) is 0.768. The van der Waals surface area contributed by atoms with Crippen molar-refractivity contribution in [2.45, 2.75) is 6.92 Å². The minimum atomic E-state index is 0.554. The van der Waals surface area contributed by atoms with E-state index >= 15 is 0 Å². The molecule has 0 radical (unpaired) electrons. The summed E-state index contributed by atoms with van der Waals surface area (Å²) in [6, 6.07) is 5.59. The maximum atomic E-state index is 8.71. The maximum Gasteiger partial charge on any atom is 0.178 e. The number of hydrogen-bond donors (Lipinski definition) is 0. The Bertz CT molecular complexity index is 463. The lowest BCUT2D eigenvalue weighted by Gasteiger charge is -1.93. The number of aromatic nitrogens is 3. The number of nitrogens with zero attached hydrogens (tertiary/aromatic N) is 4. The van der Waals surface area contributed by atoms with Crippen molar-refractivity contribution in [1.82, 2.24) is 14.6 Å².